The molecule has 0 heterocycles. The van der Waals surface area contributed by atoms with Gasteiger partial charge in [0, 0.05) is 58.9 Å². The van der Waals surface area contributed by atoms with E-state index in [-0.39, 0.29) is 96.3 Å². The number of hydrogen-bond acceptors (Lipinski definition) is 0. The summed E-state index contributed by atoms with van der Waals surface area (Å²) in [6.07, 6.45) is 0. The van der Waals surface area contributed by atoms with Gasteiger partial charge in [-0.15, -0.1) is 0 Å². The van der Waals surface area contributed by atoms with Gasteiger partial charge in [0.15, 0.2) is 0 Å². The molecule has 0 rings (SSSR count). The molecule has 0 aliphatic carbocycles. The Bertz CT molecular complexity index is 11.6. The van der Waals surface area contributed by atoms with Crippen LogP contribution in [0.2, 0.25) is 0 Å². The zero-order valence-corrected chi connectivity index (χ0v) is 12.9. The summed E-state index contributed by atoms with van der Waals surface area (Å²) < 4.78 is 0. The molecule has 5 heteroatoms. The van der Waals surface area contributed by atoms with E-state index in [4.69, 9.17) is 0 Å². The second-order valence-electron chi connectivity index (χ2n) is 0. The fraction of sp³-hybridized carbons (Fsp3) is 0. The second-order valence-corrected chi connectivity index (χ2v) is 0. The maximum Gasteiger partial charge on any atom is 0 e. The first kappa shape index (κ1) is 43.2. The summed E-state index contributed by atoms with van der Waals surface area (Å²) in [5.41, 5.74) is 0. The molecule has 0 aromatic heterocycles. The van der Waals surface area contributed by atoms with Crippen molar-refractivity contribution in [1.82, 2.24) is 0 Å². The first-order valence-corrected chi connectivity index (χ1v) is 0. The van der Waals surface area contributed by atoms with Gasteiger partial charge in [0.25, 0.3) is 0 Å². The fourth-order valence-electron chi connectivity index (χ4n) is 0. The molecule has 0 bridgehead atoms. The molecule has 0 spiro atoms. The van der Waals surface area contributed by atoms with Crippen LogP contribution in [0.3, 0.4) is 0 Å². The van der Waals surface area contributed by atoms with Gasteiger partial charge in [-0.1, -0.05) is 0 Å². The van der Waals surface area contributed by atoms with E-state index in [1.807, 2.05) is 0 Å². The molecule has 38 valence electrons. The Balaban J connectivity index is 0. The average molecular weight is 392 g/mol. The molecule has 0 aliphatic heterocycles. The Hall–Kier alpha value is 3.03. The van der Waals surface area contributed by atoms with E-state index in [2.05, 4.69) is 0 Å². The van der Waals surface area contributed by atoms with Gasteiger partial charge in [-0.3, -0.25) is 0 Å². The van der Waals surface area contributed by atoms with E-state index in [1.165, 1.54) is 0 Å². The van der Waals surface area contributed by atoms with E-state index in [0.717, 1.165) is 0 Å². The van der Waals surface area contributed by atoms with Gasteiger partial charge in [0.05, 0.1) is 0 Å². The molecular formula is H4AgCuSSnZn. The van der Waals surface area contributed by atoms with E-state index < -0.39 is 0 Å². The van der Waals surface area contributed by atoms with Crippen molar-refractivity contribution < 1.29 is 58.9 Å². The second kappa shape index (κ2) is 27.8. The zero-order valence-electron chi connectivity index (χ0n) is 2.52. The van der Waals surface area contributed by atoms with E-state index >= 15 is 0 Å². The Kier molecular flexibility index (Phi) is 241. The summed E-state index contributed by atoms with van der Waals surface area (Å²) >= 11 is 0. The van der Waals surface area contributed by atoms with Gasteiger partial charge in [0.1, 0.15) is 0 Å². The standard InChI is InChI=1S/Ag.Cu.H2S.Sn.Zn.2H/h;;1H2;;;;. The van der Waals surface area contributed by atoms with Gasteiger partial charge in [-0.2, -0.15) is 13.5 Å². The quantitative estimate of drug-likeness (QED) is 0.474. The molecule has 0 unspecified atom stereocenters. The van der Waals surface area contributed by atoms with Crippen molar-refractivity contribution in [2.75, 3.05) is 0 Å². The van der Waals surface area contributed by atoms with E-state index in [0.29, 0.717) is 0 Å². The van der Waals surface area contributed by atoms with Crippen molar-refractivity contribution in [1.29, 1.82) is 0 Å². The largest absolute Gasteiger partial charge is 0 e. The number of rotatable bonds is 0. The predicted molar refractivity (Wildman–Crippen MR) is 18.9 cm³/mol. The van der Waals surface area contributed by atoms with Crippen LogP contribution in [0.25, 0.3) is 0 Å². The molecule has 0 fully saturated rings. The van der Waals surface area contributed by atoms with Crippen molar-refractivity contribution in [3.05, 3.63) is 0 Å². The van der Waals surface area contributed by atoms with Gasteiger partial charge in [-0.25, -0.2) is 0 Å². The van der Waals surface area contributed by atoms with Crippen molar-refractivity contribution in [3.63, 3.8) is 0 Å². The van der Waals surface area contributed by atoms with Crippen LogP contribution in [0.15, 0.2) is 0 Å². The maximum atomic E-state index is 0. The summed E-state index contributed by atoms with van der Waals surface area (Å²) in [6.45, 7) is 0. The van der Waals surface area contributed by atoms with E-state index in [9.17, 15) is 0 Å². The number of hydrogen-bond donors (Lipinski definition) is 0. The third kappa shape index (κ3) is 19.4. The Morgan fingerprint density at radius 3 is 1.00 bits per heavy atom. The third-order valence-corrected chi connectivity index (χ3v) is 0. The smallest absolute Gasteiger partial charge is 0 e. The van der Waals surface area contributed by atoms with Crippen LogP contribution in [-0.4, -0.2) is 23.9 Å². The SMILES string of the molecule is S.[Ag].[Cu].[SnH2].[Zn]. The molecule has 0 saturated carbocycles. The molecule has 0 saturated heterocycles. The van der Waals surface area contributed by atoms with Crippen molar-refractivity contribution in [2.24, 2.45) is 0 Å². The van der Waals surface area contributed by atoms with Gasteiger partial charge >= 0.3 is 23.9 Å². The summed E-state index contributed by atoms with van der Waals surface area (Å²) in [5, 5.41) is 0. The minimum Gasteiger partial charge on any atom is 0 e. The molecule has 0 aliphatic rings. The molecular weight excluding hydrogens is 388 g/mol. The first-order valence-electron chi connectivity index (χ1n) is 0. The molecule has 0 aromatic carbocycles. The molecule has 0 N–H and O–H groups in total. The van der Waals surface area contributed by atoms with Gasteiger partial charge in [0.2, 0.25) is 0 Å². The monoisotopic (exact) mass is 390 g/mol. The molecule has 0 amide bonds. The fourth-order valence-corrected chi connectivity index (χ4v) is 0. The van der Waals surface area contributed by atoms with Crippen LogP contribution in [0.5, 0.6) is 0 Å². The molecule has 5 heavy (non-hydrogen) atoms. The normalized spacial score (nSPS) is 0. The first-order chi connectivity index (χ1) is 0. The van der Waals surface area contributed by atoms with E-state index in [1.54, 1.807) is 0 Å². The predicted octanol–water partition coefficient (Wildman–Crippen LogP) is -0.811. The molecule has 0 atom stereocenters. The minimum atomic E-state index is 0. The molecule has 0 nitrogen and oxygen atoms in total. The Labute approximate surface area is 94.8 Å². The van der Waals surface area contributed by atoms with Crippen molar-refractivity contribution >= 4 is 37.4 Å². The van der Waals surface area contributed by atoms with Crippen LogP contribution in [0.1, 0.15) is 0 Å². The maximum absolute atomic E-state index is 0. The van der Waals surface area contributed by atoms with Crippen molar-refractivity contribution in [2.45, 2.75) is 0 Å². The summed E-state index contributed by atoms with van der Waals surface area (Å²) in [7, 11) is 0. The Morgan fingerprint density at radius 2 is 1.00 bits per heavy atom. The van der Waals surface area contributed by atoms with Crippen LogP contribution >= 0.6 is 13.5 Å². The van der Waals surface area contributed by atoms with Gasteiger partial charge < -0.3 is 0 Å². The van der Waals surface area contributed by atoms with Crippen LogP contribution in [0, 0.1) is 0 Å². The van der Waals surface area contributed by atoms with Crippen LogP contribution in [0.4, 0.5) is 0 Å². The van der Waals surface area contributed by atoms with Gasteiger partial charge in [-0.05, 0) is 0 Å². The molecule has 4 radical (unpaired) electrons. The molecule has 0 aromatic rings. The average Bonchev–Trinajstić information content (AvgIpc) is 0. The summed E-state index contributed by atoms with van der Waals surface area (Å²) in [6, 6.07) is 0. The zero-order chi connectivity index (χ0) is 0. The summed E-state index contributed by atoms with van der Waals surface area (Å²) in [4.78, 5) is 0. The van der Waals surface area contributed by atoms with Crippen LogP contribution < -0.4 is 0 Å². The Morgan fingerprint density at radius 1 is 1.00 bits per heavy atom. The van der Waals surface area contributed by atoms with Crippen molar-refractivity contribution in [3.8, 4) is 0 Å². The third-order valence-electron chi connectivity index (χ3n) is 0. The summed E-state index contributed by atoms with van der Waals surface area (Å²) in [5.74, 6) is 0. The minimum absolute atomic E-state index is 0. The van der Waals surface area contributed by atoms with Crippen LogP contribution in [-0.2, 0) is 58.9 Å². The topological polar surface area (TPSA) is 0 Å².